The number of alkyl halides is 3. The van der Waals surface area contributed by atoms with E-state index < -0.39 is 17.0 Å². The lowest BCUT2D eigenvalue weighted by Gasteiger charge is -2.08. The molecule has 0 saturated carbocycles. The van der Waals surface area contributed by atoms with Crippen LogP contribution in [0.4, 0.5) is 13.2 Å². The van der Waals surface area contributed by atoms with Crippen LogP contribution >= 0.6 is 27.5 Å². The third-order valence-corrected chi connectivity index (χ3v) is 2.21. The first-order chi connectivity index (χ1) is 6.36. The average Bonchev–Trinajstić information content (AvgIpc) is 2.06. The summed E-state index contributed by atoms with van der Waals surface area (Å²) in [6, 6.07) is 2.61. The quantitative estimate of drug-likeness (QED) is 0.685. The smallest absolute Gasteiger partial charge is 0.229 e. The van der Waals surface area contributed by atoms with Crippen LogP contribution in [0.5, 0.6) is 0 Å². The van der Waals surface area contributed by atoms with Crippen molar-refractivity contribution in [2.75, 3.05) is 0 Å². The SMILES string of the molecule is N#Cc1cc(Br)c(C(F)(F)F)nc1Cl. The molecule has 0 aliphatic carbocycles. The predicted molar refractivity (Wildman–Crippen MR) is 46.7 cm³/mol. The van der Waals surface area contributed by atoms with Gasteiger partial charge in [-0.25, -0.2) is 4.98 Å². The van der Waals surface area contributed by atoms with Crippen molar-refractivity contribution in [3.8, 4) is 6.07 Å². The van der Waals surface area contributed by atoms with Gasteiger partial charge in [0.25, 0.3) is 0 Å². The highest BCUT2D eigenvalue weighted by Crippen LogP contribution is 2.35. The molecule has 2 nitrogen and oxygen atoms in total. The zero-order valence-electron chi connectivity index (χ0n) is 6.36. The van der Waals surface area contributed by atoms with Gasteiger partial charge in [0.2, 0.25) is 0 Å². The molecule has 0 saturated heterocycles. The summed E-state index contributed by atoms with van der Waals surface area (Å²) < 4.78 is 36.4. The number of halogens is 5. The molecule has 1 rings (SSSR count). The molecular formula is C7HBrClF3N2. The standard InChI is InChI=1S/C7HBrClF3N2/c8-4-1-3(2-13)6(9)14-5(4)7(10,11)12/h1H. The van der Waals surface area contributed by atoms with Crippen molar-refractivity contribution >= 4 is 27.5 Å². The maximum absolute atomic E-state index is 12.2. The molecular weight excluding hydrogens is 284 g/mol. The largest absolute Gasteiger partial charge is 0.434 e. The van der Waals surface area contributed by atoms with Crippen molar-refractivity contribution in [2.45, 2.75) is 6.18 Å². The van der Waals surface area contributed by atoms with E-state index in [2.05, 4.69) is 20.9 Å². The molecule has 0 bridgehead atoms. The number of hydrogen-bond acceptors (Lipinski definition) is 2. The van der Waals surface area contributed by atoms with Gasteiger partial charge >= 0.3 is 6.18 Å². The van der Waals surface area contributed by atoms with E-state index in [1.807, 2.05) is 0 Å². The molecule has 0 radical (unpaired) electrons. The lowest BCUT2D eigenvalue weighted by molar-refractivity contribution is -0.141. The second-order valence-corrected chi connectivity index (χ2v) is 3.48. The monoisotopic (exact) mass is 284 g/mol. The third kappa shape index (κ3) is 2.16. The Kier molecular flexibility index (Phi) is 3.02. The van der Waals surface area contributed by atoms with Crippen molar-refractivity contribution in [1.29, 1.82) is 5.26 Å². The van der Waals surface area contributed by atoms with Crippen molar-refractivity contribution < 1.29 is 13.2 Å². The predicted octanol–water partition coefficient (Wildman–Crippen LogP) is 3.39. The minimum absolute atomic E-state index is 0.105. The Morgan fingerprint density at radius 3 is 2.50 bits per heavy atom. The van der Waals surface area contributed by atoms with Crippen LogP contribution in [0.3, 0.4) is 0 Å². The molecule has 0 atom stereocenters. The van der Waals surface area contributed by atoms with Crippen molar-refractivity contribution in [3.05, 3.63) is 26.9 Å². The summed E-state index contributed by atoms with van der Waals surface area (Å²) in [5, 5.41) is 8.00. The number of pyridine rings is 1. The van der Waals surface area contributed by atoms with E-state index in [0.717, 1.165) is 6.07 Å². The molecule has 0 aliphatic rings. The zero-order valence-corrected chi connectivity index (χ0v) is 8.70. The van der Waals surface area contributed by atoms with Gasteiger partial charge in [0, 0.05) is 4.47 Å². The lowest BCUT2D eigenvalue weighted by atomic mass is 10.2. The minimum atomic E-state index is -4.59. The fourth-order valence-electron chi connectivity index (χ4n) is 0.744. The number of hydrogen-bond donors (Lipinski definition) is 0. The van der Waals surface area contributed by atoms with Crippen LogP contribution in [0.1, 0.15) is 11.3 Å². The lowest BCUT2D eigenvalue weighted by Crippen LogP contribution is -2.09. The van der Waals surface area contributed by atoms with E-state index >= 15 is 0 Å². The van der Waals surface area contributed by atoms with Crippen molar-refractivity contribution in [3.63, 3.8) is 0 Å². The van der Waals surface area contributed by atoms with Gasteiger partial charge in [0.1, 0.15) is 11.2 Å². The fraction of sp³-hybridized carbons (Fsp3) is 0.143. The Morgan fingerprint density at radius 2 is 2.07 bits per heavy atom. The number of nitriles is 1. The van der Waals surface area contributed by atoms with Crippen LogP contribution < -0.4 is 0 Å². The highest BCUT2D eigenvalue weighted by molar-refractivity contribution is 9.10. The number of aromatic nitrogens is 1. The molecule has 14 heavy (non-hydrogen) atoms. The van der Waals surface area contributed by atoms with E-state index in [1.54, 1.807) is 6.07 Å². The first-order valence-electron chi connectivity index (χ1n) is 3.19. The van der Waals surface area contributed by atoms with Gasteiger partial charge in [-0.1, -0.05) is 11.6 Å². The Labute approximate surface area is 90.4 Å². The van der Waals surface area contributed by atoms with E-state index in [1.165, 1.54) is 0 Å². The van der Waals surface area contributed by atoms with E-state index in [9.17, 15) is 13.2 Å². The Morgan fingerprint density at radius 1 is 1.50 bits per heavy atom. The summed E-state index contributed by atoms with van der Waals surface area (Å²) in [7, 11) is 0. The Hall–Kier alpha value is -0.800. The third-order valence-electron chi connectivity index (χ3n) is 1.32. The maximum atomic E-state index is 12.2. The summed E-state index contributed by atoms with van der Waals surface area (Å²) in [6.07, 6.45) is -4.59. The molecule has 0 N–H and O–H groups in total. The van der Waals surface area contributed by atoms with Gasteiger partial charge in [-0.2, -0.15) is 18.4 Å². The van der Waals surface area contributed by atoms with Gasteiger partial charge in [-0.3, -0.25) is 0 Å². The molecule has 1 aromatic rings. The Bertz CT molecular complexity index is 411. The summed E-state index contributed by atoms with van der Waals surface area (Å²) >= 11 is 8.02. The van der Waals surface area contributed by atoms with E-state index in [4.69, 9.17) is 16.9 Å². The minimum Gasteiger partial charge on any atom is -0.229 e. The molecule has 1 heterocycles. The molecule has 74 valence electrons. The second kappa shape index (κ2) is 3.75. The van der Waals surface area contributed by atoms with Crippen molar-refractivity contribution in [2.24, 2.45) is 0 Å². The van der Waals surface area contributed by atoms with Gasteiger partial charge in [0.15, 0.2) is 5.69 Å². The fourth-order valence-corrected chi connectivity index (χ4v) is 1.47. The molecule has 0 amide bonds. The summed E-state index contributed by atoms with van der Waals surface area (Å²) in [5.74, 6) is 0. The molecule has 0 aromatic carbocycles. The van der Waals surface area contributed by atoms with E-state index in [-0.39, 0.29) is 10.0 Å². The van der Waals surface area contributed by atoms with Gasteiger partial charge < -0.3 is 0 Å². The molecule has 1 aromatic heterocycles. The van der Waals surface area contributed by atoms with Crippen LogP contribution in [0.2, 0.25) is 5.15 Å². The molecule has 0 unspecified atom stereocenters. The van der Waals surface area contributed by atoms with Gasteiger partial charge in [-0.05, 0) is 22.0 Å². The average molecular weight is 285 g/mol. The molecule has 7 heteroatoms. The number of rotatable bonds is 0. The topological polar surface area (TPSA) is 36.7 Å². The van der Waals surface area contributed by atoms with Crippen molar-refractivity contribution in [1.82, 2.24) is 4.98 Å². The summed E-state index contributed by atoms with van der Waals surface area (Å²) in [6.45, 7) is 0. The second-order valence-electron chi connectivity index (χ2n) is 2.27. The normalized spacial score (nSPS) is 11.1. The highest BCUT2D eigenvalue weighted by Gasteiger charge is 2.35. The van der Waals surface area contributed by atoms with Gasteiger partial charge in [-0.15, -0.1) is 0 Å². The highest BCUT2D eigenvalue weighted by atomic mass is 79.9. The Balaban J connectivity index is 3.38. The molecule has 0 aliphatic heterocycles. The molecule has 0 fully saturated rings. The van der Waals surface area contributed by atoms with Crippen LogP contribution in [-0.2, 0) is 6.18 Å². The van der Waals surface area contributed by atoms with E-state index in [0.29, 0.717) is 0 Å². The van der Waals surface area contributed by atoms with Crippen LogP contribution in [0, 0.1) is 11.3 Å². The maximum Gasteiger partial charge on any atom is 0.434 e. The number of nitrogens with zero attached hydrogens (tertiary/aromatic N) is 2. The van der Waals surface area contributed by atoms with Crippen LogP contribution in [0.25, 0.3) is 0 Å². The zero-order chi connectivity index (χ0) is 10.9. The summed E-state index contributed by atoms with van der Waals surface area (Å²) in [4.78, 5) is 3.09. The van der Waals surface area contributed by atoms with Crippen LogP contribution in [-0.4, -0.2) is 4.98 Å². The first kappa shape index (κ1) is 11.3. The van der Waals surface area contributed by atoms with Crippen LogP contribution in [0.15, 0.2) is 10.5 Å². The molecule has 0 spiro atoms. The summed E-state index contributed by atoms with van der Waals surface area (Å²) in [5.41, 5.74) is -1.24. The van der Waals surface area contributed by atoms with Gasteiger partial charge in [0.05, 0.1) is 5.56 Å². The first-order valence-corrected chi connectivity index (χ1v) is 4.36.